The van der Waals surface area contributed by atoms with Crippen LogP contribution >= 0.6 is 11.6 Å². The van der Waals surface area contributed by atoms with Gasteiger partial charge >= 0.3 is 6.03 Å². The van der Waals surface area contributed by atoms with E-state index in [0.29, 0.717) is 37.0 Å². The number of carbonyl (C=O) groups is 2. The summed E-state index contributed by atoms with van der Waals surface area (Å²) in [5.41, 5.74) is 1.67. The average Bonchev–Trinajstić information content (AvgIpc) is 3.14. The summed E-state index contributed by atoms with van der Waals surface area (Å²) in [5, 5.41) is 3.41. The number of rotatable bonds is 11. The number of urea groups is 1. The van der Waals surface area contributed by atoms with Crippen LogP contribution in [0.3, 0.4) is 0 Å². The summed E-state index contributed by atoms with van der Waals surface area (Å²) in [6.07, 6.45) is 3.86. The number of aromatic nitrogens is 1. The molecule has 1 aromatic carbocycles. The molecular weight excluding hydrogens is 404 g/mol. The largest absolute Gasteiger partial charge is 0.383 e. The number of unbranched alkanes of at least 4 members (excludes halogenated alkanes) is 1. The second kappa shape index (κ2) is 12.2. The monoisotopic (exact) mass is 434 g/mol. The molecule has 8 heteroatoms. The van der Waals surface area contributed by atoms with Gasteiger partial charge in [-0.3, -0.25) is 4.79 Å². The zero-order chi connectivity index (χ0) is 21.9. The predicted octanol–water partition coefficient (Wildman–Crippen LogP) is 3.99. The molecule has 0 aliphatic rings. The number of aryl methyl sites for hydroxylation is 1. The van der Waals surface area contributed by atoms with E-state index in [1.54, 1.807) is 31.4 Å². The predicted molar refractivity (Wildman–Crippen MR) is 120 cm³/mol. The normalized spacial score (nSPS) is 10.7. The minimum absolute atomic E-state index is 0.0169. The fourth-order valence-electron chi connectivity index (χ4n) is 2.95. The third kappa shape index (κ3) is 7.39. The quantitative estimate of drug-likeness (QED) is 0.581. The Kier molecular flexibility index (Phi) is 9.70. The van der Waals surface area contributed by atoms with Crippen LogP contribution in [0.4, 0.5) is 10.5 Å². The molecule has 0 bridgehead atoms. The molecule has 2 aromatic rings. The fourth-order valence-corrected chi connectivity index (χ4v) is 3.08. The first-order chi connectivity index (χ1) is 14.4. The third-order valence-corrected chi connectivity index (χ3v) is 5.06. The number of amides is 3. The zero-order valence-electron chi connectivity index (χ0n) is 17.9. The number of halogens is 1. The summed E-state index contributed by atoms with van der Waals surface area (Å²) >= 11 is 5.90. The van der Waals surface area contributed by atoms with Crippen LogP contribution in [0, 0.1) is 0 Å². The van der Waals surface area contributed by atoms with Crippen molar-refractivity contribution in [3.63, 3.8) is 0 Å². The second-order valence-corrected chi connectivity index (χ2v) is 7.57. The van der Waals surface area contributed by atoms with Crippen molar-refractivity contribution in [2.45, 2.75) is 26.3 Å². The number of benzene rings is 1. The van der Waals surface area contributed by atoms with E-state index >= 15 is 0 Å². The van der Waals surface area contributed by atoms with Crippen LogP contribution in [0.1, 0.15) is 25.5 Å². The highest BCUT2D eigenvalue weighted by Crippen LogP contribution is 2.14. The Bertz CT molecular complexity index is 807. The number of hydrogen-bond donors (Lipinski definition) is 1. The van der Waals surface area contributed by atoms with Crippen molar-refractivity contribution >= 4 is 29.2 Å². The highest BCUT2D eigenvalue weighted by atomic mass is 35.5. The number of nitrogens with one attached hydrogen (secondary N) is 1. The van der Waals surface area contributed by atoms with Gasteiger partial charge in [-0.1, -0.05) is 24.9 Å². The lowest BCUT2D eigenvalue weighted by Crippen LogP contribution is -2.45. The Balaban J connectivity index is 2.08. The van der Waals surface area contributed by atoms with Gasteiger partial charge in [0, 0.05) is 49.8 Å². The van der Waals surface area contributed by atoms with Crippen molar-refractivity contribution < 1.29 is 14.3 Å². The van der Waals surface area contributed by atoms with Crippen LogP contribution in [0.5, 0.6) is 0 Å². The van der Waals surface area contributed by atoms with E-state index in [2.05, 4.69) is 12.2 Å². The molecule has 164 valence electrons. The summed E-state index contributed by atoms with van der Waals surface area (Å²) in [6.45, 7) is 3.89. The molecule has 30 heavy (non-hydrogen) atoms. The Hall–Kier alpha value is -2.51. The van der Waals surface area contributed by atoms with Crippen molar-refractivity contribution in [1.29, 1.82) is 0 Å². The number of anilines is 1. The molecule has 0 fully saturated rings. The topological polar surface area (TPSA) is 66.8 Å². The molecule has 1 N–H and O–H groups in total. The molecule has 1 heterocycles. The van der Waals surface area contributed by atoms with Crippen LogP contribution < -0.4 is 5.32 Å². The lowest BCUT2D eigenvalue weighted by atomic mass is 10.2. The first-order valence-corrected chi connectivity index (χ1v) is 10.5. The van der Waals surface area contributed by atoms with Gasteiger partial charge in [0.1, 0.15) is 6.54 Å². The SMILES string of the molecule is CCCCN(Cc1cccn1C)C(=O)CN(CCOC)C(=O)Nc1ccc(Cl)cc1. The van der Waals surface area contributed by atoms with Gasteiger partial charge in [0.25, 0.3) is 0 Å². The van der Waals surface area contributed by atoms with E-state index in [-0.39, 0.29) is 18.5 Å². The minimum atomic E-state index is -0.350. The smallest absolute Gasteiger partial charge is 0.322 e. The second-order valence-electron chi connectivity index (χ2n) is 7.13. The Morgan fingerprint density at radius 2 is 1.87 bits per heavy atom. The average molecular weight is 435 g/mol. The fraction of sp³-hybridized carbons (Fsp3) is 0.455. The zero-order valence-corrected chi connectivity index (χ0v) is 18.7. The summed E-state index contributed by atoms with van der Waals surface area (Å²) in [4.78, 5) is 29.2. The Labute approximate surface area is 183 Å². The van der Waals surface area contributed by atoms with E-state index in [1.165, 1.54) is 4.90 Å². The van der Waals surface area contributed by atoms with Crippen LogP contribution in [-0.2, 0) is 23.1 Å². The summed E-state index contributed by atoms with van der Waals surface area (Å²) < 4.78 is 7.13. The molecule has 1 aromatic heterocycles. The van der Waals surface area contributed by atoms with Crippen LogP contribution in [-0.4, -0.2) is 59.7 Å². The van der Waals surface area contributed by atoms with E-state index in [0.717, 1.165) is 18.5 Å². The van der Waals surface area contributed by atoms with Crippen molar-refractivity contribution in [1.82, 2.24) is 14.4 Å². The van der Waals surface area contributed by atoms with Gasteiger partial charge in [-0.15, -0.1) is 0 Å². The van der Waals surface area contributed by atoms with Crippen molar-refractivity contribution in [2.75, 3.05) is 38.7 Å². The Morgan fingerprint density at radius 3 is 2.47 bits per heavy atom. The number of hydrogen-bond acceptors (Lipinski definition) is 3. The molecule has 0 unspecified atom stereocenters. The summed E-state index contributed by atoms with van der Waals surface area (Å²) in [7, 11) is 3.53. The van der Waals surface area contributed by atoms with Gasteiger partial charge in [0.05, 0.1) is 13.2 Å². The van der Waals surface area contributed by atoms with Gasteiger partial charge in [0.2, 0.25) is 5.91 Å². The first kappa shape index (κ1) is 23.8. The molecule has 3 amide bonds. The standard InChI is InChI=1S/C22H31ClN4O3/c1-4-5-13-26(16-20-7-6-12-25(20)2)21(28)17-27(14-15-30-3)22(29)24-19-10-8-18(23)9-11-19/h6-12H,4-5,13-17H2,1-3H3,(H,24,29). The lowest BCUT2D eigenvalue weighted by molar-refractivity contribution is -0.132. The molecule has 0 saturated carbocycles. The lowest BCUT2D eigenvalue weighted by Gasteiger charge is -2.28. The number of ether oxygens (including phenoxy) is 1. The first-order valence-electron chi connectivity index (χ1n) is 10.1. The van der Waals surface area contributed by atoms with Gasteiger partial charge in [-0.25, -0.2) is 4.79 Å². The third-order valence-electron chi connectivity index (χ3n) is 4.81. The van der Waals surface area contributed by atoms with Gasteiger partial charge in [-0.2, -0.15) is 0 Å². The number of methoxy groups -OCH3 is 1. The molecule has 0 radical (unpaired) electrons. The van der Waals surface area contributed by atoms with Crippen molar-refractivity contribution in [3.05, 3.63) is 53.3 Å². The summed E-state index contributed by atoms with van der Waals surface area (Å²) in [5.74, 6) is -0.0907. The minimum Gasteiger partial charge on any atom is -0.383 e. The maximum Gasteiger partial charge on any atom is 0.322 e. The van der Waals surface area contributed by atoms with Crippen molar-refractivity contribution in [2.24, 2.45) is 7.05 Å². The Morgan fingerprint density at radius 1 is 1.13 bits per heavy atom. The van der Waals surface area contributed by atoms with Crippen molar-refractivity contribution in [3.8, 4) is 0 Å². The van der Waals surface area contributed by atoms with Gasteiger partial charge < -0.3 is 24.4 Å². The molecule has 7 nitrogen and oxygen atoms in total. The molecule has 0 aliphatic carbocycles. The molecular formula is C22H31ClN4O3. The van der Waals surface area contributed by atoms with Gasteiger partial charge in [0.15, 0.2) is 0 Å². The van der Waals surface area contributed by atoms with E-state index in [1.807, 2.05) is 34.8 Å². The van der Waals surface area contributed by atoms with Crippen LogP contribution in [0.15, 0.2) is 42.6 Å². The van der Waals surface area contributed by atoms with Gasteiger partial charge in [-0.05, 0) is 42.8 Å². The molecule has 0 atom stereocenters. The number of carbonyl (C=O) groups excluding carboxylic acids is 2. The highest BCUT2D eigenvalue weighted by Gasteiger charge is 2.22. The summed E-state index contributed by atoms with van der Waals surface area (Å²) in [6, 6.07) is 10.5. The van der Waals surface area contributed by atoms with E-state index in [9.17, 15) is 9.59 Å². The van der Waals surface area contributed by atoms with E-state index in [4.69, 9.17) is 16.3 Å². The van der Waals surface area contributed by atoms with Crippen LogP contribution in [0.25, 0.3) is 0 Å². The highest BCUT2D eigenvalue weighted by molar-refractivity contribution is 6.30. The molecule has 0 spiro atoms. The molecule has 2 rings (SSSR count). The maximum atomic E-state index is 13.1. The molecule has 0 aliphatic heterocycles. The maximum absolute atomic E-state index is 13.1. The van der Waals surface area contributed by atoms with E-state index < -0.39 is 0 Å². The number of nitrogens with zero attached hydrogens (tertiary/aromatic N) is 3. The molecule has 0 saturated heterocycles. The van der Waals surface area contributed by atoms with Crippen LogP contribution in [0.2, 0.25) is 5.02 Å².